The van der Waals surface area contributed by atoms with Gasteiger partial charge in [-0.25, -0.2) is 4.98 Å². The van der Waals surface area contributed by atoms with E-state index in [1.807, 2.05) is 19.9 Å². The Morgan fingerprint density at radius 1 is 1.53 bits per heavy atom. The molecule has 0 unspecified atom stereocenters. The summed E-state index contributed by atoms with van der Waals surface area (Å²) in [5.41, 5.74) is 1.47. The van der Waals surface area contributed by atoms with Crippen molar-refractivity contribution in [2.75, 3.05) is 24.4 Å². The third-order valence-corrected chi connectivity index (χ3v) is 2.30. The number of rotatable bonds is 5. The molecule has 1 aromatic rings. The summed E-state index contributed by atoms with van der Waals surface area (Å²) in [6, 6.07) is 2.09. The summed E-state index contributed by atoms with van der Waals surface area (Å²) in [4.78, 5) is 15.5. The van der Waals surface area contributed by atoms with Gasteiger partial charge in [-0.1, -0.05) is 0 Å². The molecule has 0 saturated carbocycles. The van der Waals surface area contributed by atoms with Crippen molar-refractivity contribution in [3.8, 4) is 0 Å². The summed E-state index contributed by atoms with van der Waals surface area (Å²) >= 11 is 3.29. The summed E-state index contributed by atoms with van der Waals surface area (Å²) in [6.45, 7) is 4.07. The molecule has 0 aliphatic heterocycles. The van der Waals surface area contributed by atoms with Gasteiger partial charge in [0.15, 0.2) is 0 Å². The van der Waals surface area contributed by atoms with Gasteiger partial charge in [-0.15, -0.1) is 0 Å². The van der Waals surface area contributed by atoms with E-state index >= 15 is 0 Å². The van der Waals surface area contributed by atoms with E-state index in [-0.39, 0.29) is 18.6 Å². The molecule has 0 atom stereocenters. The molecule has 0 saturated heterocycles. The van der Waals surface area contributed by atoms with Crippen molar-refractivity contribution in [3.05, 3.63) is 16.9 Å². The van der Waals surface area contributed by atoms with Crippen molar-refractivity contribution in [2.24, 2.45) is 0 Å². The zero-order valence-corrected chi connectivity index (χ0v) is 11.7. The molecular weight excluding hydrogens is 286 g/mol. The monoisotopic (exact) mass is 301 g/mol. The van der Waals surface area contributed by atoms with Gasteiger partial charge in [-0.3, -0.25) is 4.79 Å². The lowest BCUT2D eigenvalue weighted by molar-refractivity contribution is -0.119. The smallest absolute Gasteiger partial charge is 0.250 e. The first-order chi connectivity index (χ1) is 8.02. The average molecular weight is 302 g/mol. The van der Waals surface area contributed by atoms with Crippen molar-refractivity contribution in [1.82, 2.24) is 4.98 Å². The largest absolute Gasteiger partial charge is 0.381 e. The van der Waals surface area contributed by atoms with Gasteiger partial charge < -0.3 is 15.4 Å². The van der Waals surface area contributed by atoms with Crippen molar-refractivity contribution in [2.45, 2.75) is 19.9 Å². The van der Waals surface area contributed by atoms with Crippen molar-refractivity contribution < 1.29 is 9.53 Å². The standard InChI is InChI=1S/C11H16BrN3O2/c1-7(2)14-8-4-10(12)13-5-9(8)15-11(16)6-17-3/h4-5,7H,6H2,1-3H3,(H,13,14)(H,15,16). The highest BCUT2D eigenvalue weighted by Crippen LogP contribution is 2.24. The molecule has 2 N–H and O–H groups in total. The Balaban J connectivity index is 2.86. The SMILES string of the molecule is COCC(=O)Nc1cnc(Br)cc1NC(C)C. The fourth-order valence-corrected chi connectivity index (χ4v) is 1.61. The Morgan fingerprint density at radius 2 is 2.24 bits per heavy atom. The number of methoxy groups -OCH3 is 1. The second kappa shape index (κ2) is 6.56. The lowest BCUT2D eigenvalue weighted by Gasteiger charge is -2.15. The molecule has 0 bridgehead atoms. The Kier molecular flexibility index (Phi) is 5.37. The number of hydrogen-bond acceptors (Lipinski definition) is 4. The maximum atomic E-state index is 11.4. The van der Waals surface area contributed by atoms with Crippen LogP contribution in [0.1, 0.15) is 13.8 Å². The van der Waals surface area contributed by atoms with Gasteiger partial charge in [0.25, 0.3) is 0 Å². The van der Waals surface area contributed by atoms with Crippen LogP contribution in [0.25, 0.3) is 0 Å². The van der Waals surface area contributed by atoms with Gasteiger partial charge in [-0.05, 0) is 35.8 Å². The fourth-order valence-electron chi connectivity index (χ4n) is 1.28. The maximum absolute atomic E-state index is 11.4. The lowest BCUT2D eigenvalue weighted by atomic mass is 10.3. The molecule has 6 heteroatoms. The molecule has 1 amide bonds. The van der Waals surface area contributed by atoms with Crippen LogP contribution in [0.5, 0.6) is 0 Å². The van der Waals surface area contributed by atoms with E-state index in [0.29, 0.717) is 10.3 Å². The molecule has 1 aromatic heterocycles. The van der Waals surface area contributed by atoms with Crippen LogP contribution >= 0.6 is 15.9 Å². The van der Waals surface area contributed by atoms with E-state index in [0.717, 1.165) is 5.69 Å². The zero-order valence-electron chi connectivity index (χ0n) is 10.1. The Bertz CT molecular complexity index is 396. The topological polar surface area (TPSA) is 63.2 Å². The Morgan fingerprint density at radius 3 is 2.82 bits per heavy atom. The average Bonchev–Trinajstić information content (AvgIpc) is 2.21. The minimum atomic E-state index is -0.205. The number of carbonyl (C=O) groups excluding carboxylic acids is 1. The van der Waals surface area contributed by atoms with Gasteiger partial charge >= 0.3 is 0 Å². The predicted molar refractivity (Wildman–Crippen MR) is 71.2 cm³/mol. The van der Waals surface area contributed by atoms with E-state index in [9.17, 15) is 4.79 Å². The molecule has 0 aliphatic rings. The number of aromatic nitrogens is 1. The van der Waals surface area contributed by atoms with Crippen LogP contribution < -0.4 is 10.6 Å². The van der Waals surface area contributed by atoms with Gasteiger partial charge in [0.05, 0.1) is 17.6 Å². The van der Waals surface area contributed by atoms with Crippen LogP contribution in [0, 0.1) is 0 Å². The molecule has 17 heavy (non-hydrogen) atoms. The van der Waals surface area contributed by atoms with Gasteiger partial charge in [0.1, 0.15) is 11.2 Å². The number of anilines is 2. The molecule has 0 fully saturated rings. The number of nitrogens with one attached hydrogen (secondary N) is 2. The van der Waals surface area contributed by atoms with Gasteiger partial charge in [0, 0.05) is 13.2 Å². The van der Waals surface area contributed by atoms with Crippen molar-refractivity contribution in [1.29, 1.82) is 0 Å². The highest BCUT2D eigenvalue weighted by molar-refractivity contribution is 9.10. The van der Waals surface area contributed by atoms with Crippen LogP contribution in [-0.2, 0) is 9.53 Å². The van der Waals surface area contributed by atoms with Crippen LogP contribution in [0.4, 0.5) is 11.4 Å². The number of ether oxygens (including phenoxy) is 1. The number of halogens is 1. The van der Waals surface area contributed by atoms with Crippen LogP contribution in [0.15, 0.2) is 16.9 Å². The number of pyridine rings is 1. The highest BCUT2D eigenvalue weighted by Gasteiger charge is 2.08. The Hall–Kier alpha value is -1.14. The number of hydrogen-bond donors (Lipinski definition) is 2. The van der Waals surface area contributed by atoms with E-state index in [1.54, 1.807) is 6.20 Å². The van der Waals surface area contributed by atoms with E-state index in [1.165, 1.54) is 7.11 Å². The third-order valence-electron chi connectivity index (χ3n) is 1.86. The quantitative estimate of drug-likeness (QED) is 0.819. The summed E-state index contributed by atoms with van der Waals surface area (Å²) in [5, 5.41) is 5.97. The number of nitrogens with zero attached hydrogens (tertiary/aromatic N) is 1. The molecule has 0 aliphatic carbocycles. The first kappa shape index (κ1) is 13.9. The minimum Gasteiger partial charge on any atom is -0.381 e. The normalized spacial score (nSPS) is 10.4. The van der Waals surface area contributed by atoms with Gasteiger partial charge in [-0.2, -0.15) is 0 Å². The molecular formula is C11H16BrN3O2. The number of amides is 1. The molecule has 0 radical (unpaired) electrons. The minimum absolute atomic E-state index is 0.0250. The Labute approximate surface area is 109 Å². The van der Waals surface area contributed by atoms with Gasteiger partial charge in [0.2, 0.25) is 5.91 Å². The van der Waals surface area contributed by atoms with E-state index < -0.39 is 0 Å². The summed E-state index contributed by atoms with van der Waals surface area (Å²) in [6.07, 6.45) is 1.60. The van der Waals surface area contributed by atoms with Crippen LogP contribution in [0.3, 0.4) is 0 Å². The lowest BCUT2D eigenvalue weighted by Crippen LogP contribution is -2.19. The zero-order chi connectivity index (χ0) is 12.8. The number of carbonyl (C=O) groups is 1. The third kappa shape index (κ3) is 4.70. The van der Waals surface area contributed by atoms with Crippen LogP contribution in [0.2, 0.25) is 0 Å². The molecule has 0 aromatic carbocycles. The first-order valence-electron chi connectivity index (χ1n) is 5.23. The van der Waals surface area contributed by atoms with Crippen molar-refractivity contribution >= 4 is 33.2 Å². The second-order valence-corrected chi connectivity index (χ2v) is 4.65. The fraction of sp³-hybridized carbons (Fsp3) is 0.455. The second-order valence-electron chi connectivity index (χ2n) is 3.83. The summed E-state index contributed by atoms with van der Waals surface area (Å²) < 4.78 is 5.47. The highest BCUT2D eigenvalue weighted by atomic mass is 79.9. The molecule has 0 spiro atoms. The van der Waals surface area contributed by atoms with Crippen molar-refractivity contribution in [3.63, 3.8) is 0 Å². The molecule has 5 nitrogen and oxygen atoms in total. The van der Waals surface area contributed by atoms with E-state index in [4.69, 9.17) is 4.74 Å². The summed E-state index contributed by atoms with van der Waals surface area (Å²) in [7, 11) is 1.48. The summed E-state index contributed by atoms with van der Waals surface area (Å²) in [5.74, 6) is -0.205. The molecule has 1 heterocycles. The van der Waals surface area contributed by atoms with Crippen LogP contribution in [-0.4, -0.2) is 30.6 Å². The first-order valence-corrected chi connectivity index (χ1v) is 6.03. The van der Waals surface area contributed by atoms with E-state index in [2.05, 4.69) is 31.5 Å². The molecule has 94 valence electrons. The molecule has 1 rings (SSSR count). The maximum Gasteiger partial charge on any atom is 0.250 e. The predicted octanol–water partition coefficient (Wildman–Crippen LogP) is 2.25.